The van der Waals surface area contributed by atoms with E-state index in [1.54, 1.807) is 0 Å². The van der Waals surface area contributed by atoms with Crippen LogP contribution in [0, 0.1) is 5.92 Å². The highest BCUT2D eigenvalue weighted by Gasteiger charge is 2.03. The van der Waals surface area contributed by atoms with Crippen LogP contribution < -0.4 is 5.73 Å². The molecule has 0 aromatic carbocycles. The van der Waals surface area contributed by atoms with Crippen LogP contribution in [0.3, 0.4) is 0 Å². The van der Waals surface area contributed by atoms with E-state index in [9.17, 15) is 0 Å². The van der Waals surface area contributed by atoms with Gasteiger partial charge >= 0.3 is 0 Å². The Bertz CT molecular complexity index is 68.1. The largest absolute Gasteiger partial charge is 0.364 e. The molecule has 1 unspecified atom stereocenters. The summed E-state index contributed by atoms with van der Waals surface area (Å²) in [5.41, 5.74) is 5.65. The molecule has 0 amide bonds. The summed E-state index contributed by atoms with van der Waals surface area (Å²) < 4.78 is 4.80. The molecule has 0 saturated heterocycles. The second kappa shape index (κ2) is 5.16. The molecule has 2 N–H and O–H groups in total. The first-order valence-corrected chi connectivity index (χ1v) is 3.71. The van der Waals surface area contributed by atoms with E-state index >= 15 is 0 Å². The molecule has 0 rings (SSSR count). The predicted octanol–water partition coefficient (Wildman–Crippen LogP) is 1.17. The van der Waals surface area contributed by atoms with E-state index in [0.29, 0.717) is 12.5 Å². The normalized spacial score (nSPS) is 14.3. The molecule has 3 heteroatoms. The molecule has 0 heterocycles. The van der Waals surface area contributed by atoms with Gasteiger partial charge in [-0.05, 0) is 12.3 Å². The molecule has 9 heavy (non-hydrogen) atoms. The molecule has 0 aromatic rings. The summed E-state index contributed by atoms with van der Waals surface area (Å²) in [6, 6.07) is 0.197. The van der Waals surface area contributed by atoms with Crippen LogP contribution in [-0.2, 0) is 4.52 Å². The Labute approximate surface area is 59.4 Å². The summed E-state index contributed by atoms with van der Waals surface area (Å²) in [6.07, 6.45) is 1.04. The highest BCUT2D eigenvalue weighted by molar-refractivity contribution is 7.09. The Morgan fingerprint density at radius 3 is 2.44 bits per heavy atom. The molecule has 2 atom stereocenters. The summed E-state index contributed by atoms with van der Waals surface area (Å²) in [6.45, 7) is 4.95. The van der Waals surface area contributed by atoms with Gasteiger partial charge < -0.3 is 10.3 Å². The summed E-state index contributed by atoms with van der Waals surface area (Å²) in [7, 11) is 2.20. The number of hydrogen-bond donors (Lipinski definition) is 1. The molecular formula is C6H16NOP. The maximum Gasteiger partial charge on any atom is 0.0653 e. The standard InChI is InChI=1S/C6H16NOP/c1-5(2)3-6(7)4-8-9/h5-6H,3-4,7,9H2,1-2H3/t6-/m0/s1. The van der Waals surface area contributed by atoms with E-state index in [-0.39, 0.29) is 6.04 Å². The Morgan fingerprint density at radius 1 is 1.56 bits per heavy atom. The van der Waals surface area contributed by atoms with Crippen molar-refractivity contribution in [1.29, 1.82) is 0 Å². The monoisotopic (exact) mass is 149 g/mol. The van der Waals surface area contributed by atoms with E-state index in [4.69, 9.17) is 10.3 Å². The zero-order valence-electron chi connectivity index (χ0n) is 6.13. The highest BCUT2D eigenvalue weighted by Crippen LogP contribution is 2.03. The molecular weight excluding hydrogens is 133 g/mol. The van der Waals surface area contributed by atoms with E-state index in [0.717, 1.165) is 6.42 Å². The van der Waals surface area contributed by atoms with Crippen LogP contribution in [0.5, 0.6) is 0 Å². The smallest absolute Gasteiger partial charge is 0.0653 e. The van der Waals surface area contributed by atoms with E-state index in [1.807, 2.05) is 0 Å². The third-order valence-corrected chi connectivity index (χ3v) is 1.28. The Kier molecular flexibility index (Phi) is 5.36. The minimum Gasteiger partial charge on any atom is -0.364 e. The molecule has 2 nitrogen and oxygen atoms in total. The van der Waals surface area contributed by atoms with Gasteiger partial charge in [-0.2, -0.15) is 0 Å². The fourth-order valence-corrected chi connectivity index (χ4v) is 1.04. The fourth-order valence-electron chi connectivity index (χ4n) is 0.797. The lowest BCUT2D eigenvalue weighted by Crippen LogP contribution is -2.26. The van der Waals surface area contributed by atoms with Crippen molar-refractivity contribution in [1.82, 2.24) is 0 Å². The Balaban J connectivity index is 3.15. The Hall–Kier alpha value is 0.350. The first-order chi connectivity index (χ1) is 4.16. The van der Waals surface area contributed by atoms with Crippen molar-refractivity contribution in [2.24, 2.45) is 11.7 Å². The van der Waals surface area contributed by atoms with Crippen LogP contribution in [-0.4, -0.2) is 12.6 Å². The van der Waals surface area contributed by atoms with Crippen LogP contribution in [0.1, 0.15) is 20.3 Å². The quantitative estimate of drug-likeness (QED) is 0.609. The minimum absolute atomic E-state index is 0.197. The molecule has 0 fully saturated rings. The van der Waals surface area contributed by atoms with Crippen LogP contribution in [0.15, 0.2) is 0 Å². The van der Waals surface area contributed by atoms with Crippen LogP contribution in [0.2, 0.25) is 0 Å². The van der Waals surface area contributed by atoms with Gasteiger partial charge in [-0.25, -0.2) is 0 Å². The van der Waals surface area contributed by atoms with Gasteiger partial charge in [0.15, 0.2) is 0 Å². The van der Waals surface area contributed by atoms with Gasteiger partial charge in [0.2, 0.25) is 0 Å². The first kappa shape index (κ1) is 9.35. The van der Waals surface area contributed by atoms with Crippen LogP contribution in [0.4, 0.5) is 0 Å². The van der Waals surface area contributed by atoms with Crippen molar-refractivity contribution in [3.8, 4) is 0 Å². The van der Waals surface area contributed by atoms with Gasteiger partial charge in [0.25, 0.3) is 0 Å². The lowest BCUT2D eigenvalue weighted by Gasteiger charge is -2.11. The summed E-state index contributed by atoms with van der Waals surface area (Å²) in [4.78, 5) is 0. The van der Waals surface area contributed by atoms with Crippen molar-refractivity contribution < 1.29 is 4.52 Å². The van der Waals surface area contributed by atoms with Gasteiger partial charge in [0.1, 0.15) is 0 Å². The molecule has 0 aliphatic rings. The molecule has 0 aliphatic carbocycles. The van der Waals surface area contributed by atoms with Gasteiger partial charge in [-0.3, -0.25) is 0 Å². The van der Waals surface area contributed by atoms with Crippen molar-refractivity contribution >= 4 is 9.47 Å². The number of hydrogen-bond acceptors (Lipinski definition) is 2. The average molecular weight is 149 g/mol. The van der Waals surface area contributed by atoms with Crippen LogP contribution >= 0.6 is 9.47 Å². The topological polar surface area (TPSA) is 35.2 Å². The summed E-state index contributed by atoms with van der Waals surface area (Å²) >= 11 is 0. The zero-order chi connectivity index (χ0) is 7.28. The highest BCUT2D eigenvalue weighted by atomic mass is 31.0. The summed E-state index contributed by atoms with van der Waals surface area (Å²) in [5, 5.41) is 0. The molecule has 0 radical (unpaired) electrons. The fraction of sp³-hybridized carbons (Fsp3) is 1.00. The van der Waals surface area contributed by atoms with E-state index < -0.39 is 0 Å². The van der Waals surface area contributed by atoms with Gasteiger partial charge in [0.05, 0.1) is 6.61 Å². The predicted molar refractivity (Wildman–Crippen MR) is 43.1 cm³/mol. The molecule has 56 valence electrons. The molecule has 0 aromatic heterocycles. The molecule has 0 saturated carbocycles. The number of nitrogens with two attached hydrogens (primary N) is 1. The van der Waals surface area contributed by atoms with E-state index in [1.165, 1.54) is 0 Å². The third-order valence-electron chi connectivity index (χ3n) is 1.08. The average Bonchev–Trinajstić information content (AvgIpc) is 1.63. The van der Waals surface area contributed by atoms with E-state index in [2.05, 4.69) is 23.3 Å². The van der Waals surface area contributed by atoms with Crippen molar-refractivity contribution in [3.63, 3.8) is 0 Å². The second-order valence-electron chi connectivity index (χ2n) is 2.72. The SMILES string of the molecule is CC(C)C[C@H](N)COP. The zero-order valence-corrected chi connectivity index (χ0v) is 7.29. The maximum atomic E-state index is 5.65. The molecule has 0 aliphatic heterocycles. The lowest BCUT2D eigenvalue weighted by atomic mass is 10.1. The first-order valence-electron chi connectivity index (χ1n) is 3.24. The van der Waals surface area contributed by atoms with Crippen molar-refractivity contribution in [2.75, 3.05) is 6.61 Å². The van der Waals surface area contributed by atoms with Crippen molar-refractivity contribution in [3.05, 3.63) is 0 Å². The van der Waals surface area contributed by atoms with Gasteiger partial charge in [-0.15, -0.1) is 0 Å². The maximum absolute atomic E-state index is 5.65. The van der Waals surface area contributed by atoms with Gasteiger partial charge in [-0.1, -0.05) is 13.8 Å². The molecule has 0 bridgehead atoms. The summed E-state index contributed by atoms with van der Waals surface area (Å²) in [5.74, 6) is 0.667. The Morgan fingerprint density at radius 2 is 2.11 bits per heavy atom. The minimum atomic E-state index is 0.197. The third kappa shape index (κ3) is 6.23. The lowest BCUT2D eigenvalue weighted by molar-refractivity contribution is 0.309. The van der Waals surface area contributed by atoms with Gasteiger partial charge in [0, 0.05) is 15.5 Å². The second-order valence-corrected chi connectivity index (χ2v) is 3.06. The van der Waals surface area contributed by atoms with Crippen LogP contribution in [0.25, 0.3) is 0 Å². The molecule has 0 spiro atoms. The number of rotatable bonds is 4. The van der Waals surface area contributed by atoms with Crippen molar-refractivity contribution in [2.45, 2.75) is 26.3 Å².